The van der Waals surface area contributed by atoms with Gasteiger partial charge in [-0.1, -0.05) is 97.1 Å². The number of benzene rings is 4. The van der Waals surface area contributed by atoms with E-state index in [-0.39, 0.29) is 43.6 Å². The smallest absolute Gasteiger partial charge is 0.316 e. The fourth-order valence-corrected chi connectivity index (χ4v) is 6.19. The molecule has 2 atom stereocenters. The summed E-state index contributed by atoms with van der Waals surface area (Å²) in [7, 11) is 0. The molecule has 250 valence electrons. The highest BCUT2D eigenvalue weighted by molar-refractivity contribution is 5.95. The van der Waals surface area contributed by atoms with Crippen LogP contribution in [0.25, 0.3) is 22.2 Å². The maximum Gasteiger partial charge on any atom is 0.316 e. The quantitative estimate of drug-likeness (QED) is 0.1000. The third-order valence-electron chi connectivity index (χ3n) is 8.57. The number of fused-ring (bicyclic) bond motifs is 1. The van der Waals surface area contributed by atoms with Crippen molar-refractivity contribution in [2.45, 2.75) is 31.7 Å². The van der Waals surface area contributed by atoms with Crippen LogP contribution in [0.4, 0.5) is 4.79 Å². The zero-order valence-corrected chi connectivity index (χ0v) is 27.0. The van der Waals surface area contributed by atoms with Crippen LogP contribution in [-0.4, -0.2) is 74.8 Å². The topological polar surface area (TPSA) is 143 Å². The summed E-state index contributed by atoms with van der Waals surface area (Å²) < 4.78 is 0. The SMILES string of the molecule is C=CCNCC(=O)N1C(Cc2ccc(O)cc2)C(=O)N(Cc2cccc3c(-c4ccccc4)[nH]nc23)C[C@@H]1NC(=O)NCc1ccccc1. The number of piperazine rings is 1. The summed E-state index contributed by atoms with van der Waals surface area (Å²) in [5.41, 5.74) is 5.12. The average molecular weight is 658 g/mol. The summed E-state index contributed by atoms with van der Waals surface area (Å²) in [5, 5.41) is 27.5. The molecule has 1 aliphatic heterocycles. The number of rotatable bonds is 12. The lowest BCUT2D eigenvalue weighted by molar-refractivity contribution is -0.156. The molecule has 0 aliphatic carbocycles. The van der Waals surface area contributed by atoms with Crippen LogP contribution in [0, 0.1) is 0 Å². The van der Waals surface area contributed by atoms with Crippen LogP contribution >= 0.6 is 0 Å². The van der Waals surface area contributed by atoms with Crippen molar-refractivity contribution in [1.29, 1.82) is 0 Å². The molecule has 4 amide bonds. The average Bonchev–Trinajstić information content (AvgIpc) is 3.56. The van der Waals surface area contributed by atoms with Crippen LogP contribution < -0.4 is 16.0 Å². The predicted octanol–water partition coefficient (Wildman–Crippen LogP) is 4.32. The van der Waals surface area contributed by atoms with Crippen molar-refractivity contribution in [2.24, 2.45) is 0 Å². The number of phenolic OH excluding ortho intramolecular Hbond substituents is 1. The van der Waals surface area contributed by atoms with E-state index in [0.717, 1.165) is 38.9 Å². The number of aromatic nitrogens is 2. The number of phenols is 1. The molecule has 11 heteroatoms. The number of nitrogens with one attached hydrogen (secondary N) is 4. The Morgan fingerprint density at radius 1 is 0.939 bits per heavy atom. The van der Waals surface area contributed by atoms with Gasteiger partial charge in [-0.3, -0.25) is 14.7 Å². The third-order valence-corrected chi connectivity index (χ3v) is 8.57. The second-order valence-electron chi connectivity index (χ2n) is 11.9. The van der Waals surface area contributed by atoms with Gasteiger partial charge in [-0.05, 0) is 28.8 Å². The van der Waals surface area contributed by atoms with Gasteiger partial charge < -0.3 is 30.9 Å². The van der Waals surface area contributed by atoms with Crippen LogP contribution in [0.2, 0.25) is 0 Å². The largest absolute Gasteiger partial charge is 0.508 e. The monoisotopic (exact) mass is 657 g/mol. The highest BCUT2D eigenvalue weighted by atomic mass is 16.3. The number of nitrogens with zero attached hydrogens (tertiary/aromatic N) is 3. The molecule has 0 bridgehead atoms. The summed E-state index contributed by atoms with van der Waals surface area (Å²) in [4.78, 5) is 44.8. The summed E-state index contributed by atoms with van der Waals surface area (Å²) in [6, 6.07) is 30.5. The summed E-state index contributed by atoms with van der Waals surface area (Å²) in [5.74, 6) is -0.504. The van der Waals surface area contributed by atoms with Crippen LogP contribution in [0.3, 0.4) is 0 Å². The Morgan fingerprint density at radius 3 is 2.41 bits per heavy atom. The van der Waals surface area contributed by atoms with Crippen molar-refractivity contribution in [3.63, 3.8) is 0 Å². The second-order valence-corrected chi connectivity index (χ2v) is 11.9. The minimum Gasteiger partial charge on any atom is -0.508 e. The van der Waals surface area contributed by atoms with Crippen LogP contribution in [0.15, 0.2) is 116 Å². The fourth-order valence-electron chi connectivity index (χ4n) is 6.19. The Labute approximate surface area is 284 Å². The molecule has 0 radical (unpaired) electrons. The summed E-state index contributed by atoms with van der Waals surface area (Å²) >= 11 is 0. The van der Waals surface area contributed by atoms with E-state index in [1.165, 1.54) is 4.90 Å². The minimum absolute atomic E-state index is 0.0516. The summed E-state index contributed by atoms with van der Waals surface area (Å²) in [6.07, 6.45) is 0.986. The second kappa shape index (κ2) is 15.3. The number of aromatic hydroxyl groups is 1. The molecular formula is C38H39N7O4. The van der Waals surface area contributed by atoms with Gasteiger partial charge in [0.25, 0.3) is 0 Å². The standard InChI is InChI=1S/C38H39N7O4/c1-2-20-39-23-34(47)45-32(21-26-16-18-30(46)19-17-26)37(48)44(25-33(45)41-38(49)40-22-27-10-5-3-6-11-27)24-29-14-9-15-31-35(42-43-36(29)31)28-12-7-4-8-13-28/h2-19,32-33,39,46H,1,20-25H2,(H,42,43)(H2,40,41,49)/t32?,33-/m1/s1. The molecule has 6 rings (SSSR count). The molecule has 5 aromatic rings. The normalized spacial score (nSPS) is 16.0. The maximum absolute atomic E-state index is 14.4. The van der Waals surface area contributed by atoms with E-state index >= 15 is 0 Å². The highest BCUT2D eigenvalue weighted by Crippen LogP contribution is 2.30. The number of carbonyl (C=O) groups excluding carboxylic acids is 3. The van der Waals surface area contributed by atoms with Gasteiger partial charge in [-0.2, -0.15) is 5.10 Å². The Balaban J connectivity index is 1.32. The Kier molecular flexibility index (Phi) is 10.3. The van der Waals surface area contributed by atoms with E-state index in [0.29, 0.717) is 13.1 Å². The van der Waals surface area contributed by atoms with Gasteiger partial charge in [-0.25, -0.2) is 4.79 Å². The zero-order chi connectivity index (χ0) is 34.2. The van der Waals surface area contributed by atoms with Crippen molar-refractivity contribution in [3.8, 4) is 17.0 Å². The van der Waals surface area contributed by atoms with Crippen molar-refractivity contribution in [2.75, 3.05) is 19.6 Å². The Hall–Kier alpha value is -5.94. The van der Waals surface area contributed by atoms with Gasteiger partial charge in [0.15, 0.2) is 0 Å². The van der Waals surface area contributed by atoms with Crippen molar-refractivity contribution >= 4 is 28.7 Å². The van der Waals surface area contributed by atoms with Gasteiger partial charge in [-0.15, -0.1) is 6.58 Å². The van der Waals surface area contributed by atoms with Gasteiger partial charge >= 0.3 is 6.03 Å². The first-order valence-corrected chi connectivity index (χ1v) is 16.2. The molecule has 2 heterocycles. The zero-order valence-electron chi connectivity index (χ0n) is 27.0. The van der Waals surface area contributed by atoms with E-state index in [4.69, 9.17) is 0 Å². The molecule has 1 fully saturated rings. The molecular weight excluding hydrogens is 618 g/mol. The lowest BCUT2D eigenvalue weighted by Crippen LogP contribution is -2.69. The molecule has 11 nitrogen and oxygen atoms in total. The molecule has 0 saturated carbocycles. The molecule has 5 N–H and O–H groups in total. The van der Waals surface area contributed by atoms with Gasteiger partial charge in [0.1, 0.15) is 18.0 Å². The first-order chi connectivity index (χ1) is 23.9. The number of hydrogen-bond acceptors (Lipinski definition) is 6. The first-order valence-electron chi connectivity index (χ1n) is 16.2. The third kappa shape index (κ3) is 7.79. The fraction of sp³-hybridized carbons (Fsp3) is 0.211. The minimum atomic E-state index is -0.936. The Morgan fingerprint density at radius 2 is 1.67 bits per heavy atom. The molecule has 4 aromatic carbocycles. The number of hydrogen-bond donors (Lipinski definition) is 5. The highest BCUT2D eigenvalue weighted by Gasteiger charge is 2.43. The van der Waals surface area contributed by atoms with Crippen molar-refractivity contribution < 1.29 is 19.5 Å². The number of H-pyrrole nitrogens is 1. The molecule has 0 spiro atoms. The number of urea groups is 1. The van der Waals surface area contributed by atoms with E-state index in [1.54, 1.807) is 35.2 Å². The van der Waals surface area contributed by atoms with Gasteiger partial charge in [0.05, 0.1) is 24.3 Å². The number of amides is 4. The predicted molar refractivity (Wildman–Crippen MR) is 188 cm³/mol. The van der Waals surface area contributed by atoms with Crippen LogP contribution in [0.5, 0.6) is 5.75 Å². The Bertz CT molecular complexity index is 1910. The van der Waals surface area contributed by atoms with Crippen molar-refractivity contribution in [3.05, 3.63) is 132 Å². The maximum atomic E-state index is 14.4. The lowest BCUT2D eigenvalue weighted by atomic mass is 9.98. The van der Waals surface area contributed by atoms with Crippen molar-refractivity contribution in [1.82, 2.24) is 35.9 Å². The van der Waals surface area contributed by atoms with Crippen LogP contribution in [-0.2, 0) is 29.1 Å². The molecule has 1 aliphatic rings. The number of aromatic amines is 1. The number of carbonyl (C=O) groups is 3. The van der Waals surface area contributed by atoms with E-state index in [1.807, 2.05) is 78.9 Å². The molecule has 1 aromatic heterocycles. The van der Waals surface area contributed by atoms with E-state index in [2.05, 4.69) is 32.7 Å². The first kappa shape index (κ1) is 33.0. The molecule has 1 unspecified atom stereocenters. The lowest BCUT2D eigenvalue weighted by Gasteiger charge is -2.46. The molecule has 49 heavy (non-hydrogen) atoms. The molecule has 1 saturated heterocycles. The van der Waals surface area contributed by atoms with E-state index < -0.39 is 18.2 Å². The van der Waals surface area contributed by atoms with Gasteiger partial charge in [0, 0.05) is 37.0 Å². The van der Waals surface area contributed by atoms with E-state index in [9.17, 15) is 19.5 Å². The van der Waals surface area contributed by atoms with Crippen LogP contribution in [0.1, 0.15) is 16.7 Å². The van der Waals surface area contributed by atoms with Gasteiger partial charge in [0.2, 0.25) is 11.8 Å². The summed E-state index contributed by atoms with van der Waals surface area (Å²) in [6.45, 7) is 4.62. The number of para-hydroxylation sites is 1.